The number of halogens is 2. The molecular weight excluding hydrogens is 1180 g/mol. The Hall–Kier alpha value is -9.35. The van der Waals surface area contributed by atoms with E-state index in [4.69, 9.17) is 42.1 Å². The van der Waals surface area contributed by atoms with Gasteiger partial charge in [-0.15, -0.1) is 0 Å². The second-order valence-corrected chi connectivity index (χ2v) is 24.4. The van der Waals surface area contributed by atoms with Crippen LogP contribution in [0.25, 0.3) is 88.2 Å². The molecule has 0 aliphatic rings. The number of fused-ring (bicyclic) bond motifs is 5. The van der Waals surface area contributed by atoms with Crippen molar-refractivity contribution in [2.75, 3.05) is 25.2 Å². The largest absolute Gasteiger partial charge is 0.483 e. The van der Waals surface area contributed by atoms with Crippen LogP contribution in [0.5, 0.6) is 29.1 Å². The van der Waals surface area contributed by atoms with Gasteiger partial charge in [0.2, 0.25) is 0 Å². The maximum Gasteiger partial charge on any atom is 0.251 e. The predicted molar refractivity (Wildman–Crippen MR) is 372 cm³/mol. The first-order valence-corrected chi connectivity index (χ1v) is 32.5. The summed E-state index contributed by atoms with van der Waals surface area (Å²) >= 11 is 12.3. The third-order valence-electron chi connectivity index (χ3n) is 16.7. The van der Waals surface area contributed by atoms with Crippen molar-refractivity contribution in [3.8, 4) is 68.8 Å². The molecule has 91 heavy (non-hydrogen) atoms. The molecule has 0 bridgehead atoms. The number of H-pyrrole nitrogens is 5. The van der Waals surface area contributed by atoms with E-state index in [0.29, 0.717) is 38.6 Å². The van der Waals surface area contributed by atoms with Gasteiger partial charge in [-0.1, -0.05) is 143 Å². The maximum absolute atomic E-state index is 12.9. The highest BCUT2D eigenvalue weighted by Gasteiger charge is 2.34. The summed E-state index contributed by atoms with van der Waals surface area (Å²) < 4.78 is 23.7. The zero-order valence-electron chi connectivity index (χ0n) is 52.2. The minimum absolute atomic E-state index is 0.385. The van der Waals surface area contributed by atoms with E-state index in [1.54, 1.807) is 54.6 Å². The number of anilines is 1. The standard InChI is InChI=1S/C48H54N4O2.C28H23Cl2N3O4/c1-3-5-7-9-11-13-23-53-47-31-39-27-35(17-21-43(39)51-47)33-15-19-41-37(25-33)29-45(49-41)46-30-38-26-34(16-20-42(38)50-46)36-18-22-44-40(28-36)32-48(52-44)54-24-14-12-10-8-6-4-2;1-16-4-6-20(7-5-16)33(3)28(35)23(15-31)27(34)17(2)36-21-8-10-22(11-9-21)37-25-13-18-12-19(29)14-24(30)26(18)32-25/h15-22,25-32,49-52H,3-14,23-24H2,1-2H3;4-14,17,23,32H,1-3H3. The monoisotopic (exact) mass is 1250 g/mol. The SMILES string of the molecule is CCCCCCCCOc1cc2cc(-c3ccc4[nH]c(-c5cc6cc(-c7ccc8[nH]c(OCCCCCCCC)cc8c7)ccc6[nH]5)cc4c3)ccc2[nH]1.Cc1ccc(N(C)C(=O)C(C#N)C(=O)C(C)Oc2ccc(Oc3cc4cc(Cl)cc(Cl)c4[nH]3)cc2)cc1. The highest BCUT2D eigenvalue weighted by Crippen LogP contribution is 2.36. The highest BCUT2D eigenvalue weighted by molar-refractivity contribution is 6.38. The number of aromatic nitrogens is 5. The molecule has 5 aromatic heterocycles. The van der Waals surface area contributed by atoms with Crippen LogP contribution in [0.3, 0.4) is 0 Å². The molecule has 0 fully saturated rings. The third-order valence-corrected chi connectivity index (χ3v) is 17.2. The number of nitrogens with zero attached hydrogens (tertiary/aromatic N) is 2. The minimum atomic E-state index is -1.49. The number of unbranched alkanes of at least 4 members (excludes halogenated alkanes) is 10. The van der Waals surface area contributed by atoms with Gasteiger partial charge in [0.15, 0.2) is 35.4 Å². The summed E-state index contributed by atoms with van der Waals surface area (Å²) in [6, 6.07) is 56.2. The molecule has 0 radical (unpaired) electrons. The average molecular weight is 1260 g/mol. The van der Waals surface area contributed by atoms with Crippen molar-refractivity contribution in [1.29, 1.82) is 5.26 Å². The molecule has 5 N–H and O–H groups in total. The lowest BCUT2D eigenvalue weighted by Crippen LogP contribution is -2.41. The number of aromatic amines is 5. The van der Waals surface area contributed by atoms with E-state index in [-0.39, 0.29) is 0 Å². The highest BCUT2D eigenvalue weighted by atomic mass is 35.5. The Morgan fingerprint density at radius 2 is 0.956 bits per heavy atom. The summed E-state index contributed by atoms with van der Waals surface area (Å²) in [6.45, 7) is 9.48. The van der Waals surface area contributed by atoms with E-state index < -0.39 is 23.7 Å². The van der Waals surface area contributed by atoms with Gasteiger partial charge in [-0.25, -0.2) is 0 Å². The summed E-state index contributed by atoms with van der Waals surface area (Å²) in [5.74, 6) is 0.352. The fourth-order valence-electron chi connectivity index (χ4n) is 11.5. The summed E-state index contributed by atoms with van der Waals surface area (Å²) in [6.07, 6.45) is 14.1. The number of hydrogen-bond acceptors (Lipinski definition) is 7. The van der Waals surface area contributed by atoms with Gasteiger partial charge < -0.3 is 48.8 Å². The molecule has 0 spiro atoms. The van der Waals surface area contributed by atoms with E-state index in [1.165, 1.54) is 127 Å². The normalized spacial score (nSPS) is 12.1. The van der Waals surface area contributed by atoms with E-state index in [2.05, 4.69) is 136 Å². The molecule has 2 atom stereocenters. The van der Waals surface area contributed by atoms with E-state index in [9.17, 15) is 14.9 Å². The van der Waals surface area contributed by atoms with Crippen LogP contribution in [0.1, 0.15) is 103 Å². The fourth-order valence-corrected chi connectivity index (χ4v) is 12.1. The average Bonchev–Trinajstić information content (AvgIpc) is 2.19. The molecule has 5 heterocycles. The lowest BCUT2D eigenvalue weighted by molar-refractivity contribution is -0.134. The molecule has 2 unspecified atom stereocenters. The molecule has 0 saturated carbocycles. The van der Waals surface area contributed by atoms with E-state index in [0.717, 1.165) is 82.2 Å². The van der Waals surface area contributed by atoms with Crippen LogP contribution in [0, 0.1) is 24.2 Å². The predicted octanol–water partition coefficient (Wildman–Crippen LogP) is 20.8. The number of amides is 1. The van der Waals surface area contributed by atoms with Crippen molar-refractivity contribution < 1.29 is 28.5 Å². The Bertz CT molecular complexity index is 4340. The Balaban J connectivity index is 0.000000201. The molecular formula is C76H77Cl2N7O6. The van der Waals surface area contributed by atoms with Gasteiger partial charge in [-0.2, -0.15) is 5.26 Å². The van der Waals surface area contributed by atoms with E-state index >= 15 is 0 Å². The molecule has 15 heteroatoms. The number of carbonyl (C=O) groups excluding carboxylic acids is 2. The van der Waals surface area contributed by atoms with Crippen LogP contribution in [0.2, 0.25) is 10.0 Å². The van der Waals surface area contributed by atoms with Crippen LogP contribution in [0.15, 0.2) is 164 Å². The van der Waals surface area contributed by atoms with Crippen molar-refractivity contribution in [1.82, 2.24) is 24.9 Å². The Morgan fingerprint density at radius 1 is 0.505 bits per heavy atom. The van der Waals surface area contributed by atoms with Gasteiger partial charge in [0.05, 0.1) is 41.2 Å². The van der Waals surface area contributed by atoms with Gasteiger partial charge in [0.25, 0.3) is 5.91 Å². The van der Waals surface area contributed by atoms with Gasteiger partial charge >= 0.3 is 0 Å². The topological polar surface area (TPSA) is 177 Å². The lowest BCUT2D eigenvalue weighted by Gasteiger charge is -2.22. The zero-order chi connectivity index (χ0) is 63.4. The number of rotatable bonds is 27. The van der Waals surface area contributed by atoms with Gasteiger partial charge in [-0.05, 0) is 158 Å². The first kappa shape index (κ1) is 63.2. The first-order chi connectivity index (χ1) is 44.3. The minimum Gasteiger partial charge on any atom is -0.483 e. The number of hydrogen-bond donors (Lipinski definition) is 5. The van der Waals surface area contributed by atoms with Crippen LogP contribution in [-0.2, 0) is 9.59 Å². The van der Waals surface area contributed by atoms with Crippen LogP contribution >= 0.6 is 23.2 Å². The number of Topliss-reactive ketones (excluding diaryl/α,β-unsaturated/α-hetero) is 1. The maximum atomic E-state index is 12.9. The molecule has 0 aliphatic heterocycles. The molecule has 12 aromatic rings. The van der Waals surface area contributed by atoms with Gasteiger partial charge in [-0.3, -0.25) is 9.59 Å². The van der Waals surface area contributed by atoms with Crippen LogP contribution in [-0.4, -0.2) is 63.0 Å². The molecule has 1 amide bonds. The van der Waals surface area contributed by atoms with Gasteiger partial charge in [0.1, 0.15) is 11.5 Å². The smallest absolute Gasteiger partial charge is 0.251 e. The summed E-state index contributed by atoms with van der Waals surface area (Å²) in [5.41, 5.74) is 13.7. The Morgan fingerprint density at radius 3 is 1.45 bits per heavy atom. The van der Waals surface area contributed by atoms with Crippen molar-refractivity contribution in [3.63, 3.8) is 0 Å². The summed E-state index contributed by atoms with van der Waals surface area (Å²) in [7, 11) is 1.53. The third kappa shape index (κ3) is 15.6. The fraction of sp³-hybridized carbons (Fsp3) is 0.276. The Labute approximate surface area is 541 Å². The van der Waals surface area contributed by atoms with Crippen molar-refractivity contribution in [3.05, 3.63) is 179 Å². The van der Waals surface area contributed by atoms with Gasteiger partial charge in [0, 0.05) is 85.0 Å². The number of carbonyl (C=O) groups is 2. The van der Waals surface area contributed by atoms with E-state index in [1.807, 2.05) is 25.1 Å². The Kier molecular flexibility index (Phi) is 20.5. The second kappa shape index (κ2) is 29.5. The second-order valence-electron chi connectivity index (χ2n) is 23.6. The number of benzene rings is 7. The quantitative estimate of drug-likeness (QED) is 0.0251. The molecule has 13 nitrogen and oxygen atoms in total. The zero-order valence-corrected chi connectivity index (χ0v) is 53.8. The van der Waals surface area contributed by atoms with Crippen molar-refractivity contribution in [2.24, 2.45) is 5.92 Å². The van der Waals surface area contributed by atoms with Crippen LogP contribution in [0.4, 0.5) is 5.69 Å². The first-order valence-electron chi connectivity index (χ1n) is 31.8. The molecule has 7 aromatic carbocycles. The number of aryl methyl sites for hydroxylation is 1. The molecule has 0 aliphatic carbocycles. The molecule has 12 rings (SSSR count). The summed E-state index contributed by atoms with van der Waals surface area (Å²) in [4.78, 5) is 44.4. The number of ether oxygens (including phenoxy) is 4. The number of ketones is 1. The summed E-state index contributed by atoms with van der Waals surface area (Å²) in [5, 5.41) is 16.1. The number of nitrogens with one attached hydrogen (secondary N) is 5. The number of nitriles is 1. The van der Waals surface area contributed by atoms with Crippen LogP contribution < -0.4 is 23.8 Å². The van der Waals surface area contributed by atoms with Crippen molar-refractivity contribution in [2.45, 2.75) is 111 Å². The lowest BCUT2D eigenvalue weighted by atomic mass is 10.00. The molecule has 466 valence electrons. The van der Waals surface area contributed by atoms with Crippen molar-refractivity contribution >= 4 is 95.1 Å². The molecule has 0 saturated heterocycles.